The fourth-order valence-corrected chi connectivity index (χ4v) is 2.69. The monoisotopic (exact) mass is 345 g/mol. The summed E-state index contributed by atoms with van der Waals surface area (Å²) in [4.78, 5) is 11.6. The molecule has 0 aliphatic rings. The normalized spacial score (nSPS) is 9.62. The summed E-state index contributed by atoms with van der Waals surface area (Å²) in [7, 11) is 0. The molecule has 0 aliphatic carbocycles. The number of hydrogen-bond donors (Lipinski definition) is 0. The second kappa shape index (κ2) is 6.02. The van der Waals surface area contributed by atoms with Gasteiger partial charge in [-0.2, -0.15) is 5.26 Å². The Kier molecular flexibility index (Phi) is 4.97. The smallest absolute Gasteiger partial charge is 0.339 e. The number of carbonyl (C=O) groups is 1. The molecule has 3 nitrogen and oxygen atoms in total. The summed E-state index contributed by atoms with van der Waals surface area (Å²) in [5.41, 5.74) is 1.42. The number of halogens is 2. The van der Waals surface area contributed by atoms with E-state index in [0.717, 1.165) is 10.0 Å². The SMILES string of the molecule is CCOC(=O)c1ccc(Br)c(CBr)c1C#N. The Bertz CT molecular complexity index is 452. The molecular weight excluding hydrogens is 338 g/mol. The van der Waals surface area contributed by atoms with Crippen molar-refractivity contribution in [1.29, 1.82) is 5.26 Å². The number of hydrogen-bond acceptors (Lipinski definition) is 3. The van der Waals surface area contributed by atoms with Crippen LogP contribution in [0.4, 0.5) is 0 Å². The van der Waals surface area contributed by atoms with Crippen molar-refractivity contribution in [3.05, 3.63) is 33.3 Å². The third kappa shape index (κ3) is 2.63. The average molecular weight is 347 g/mol. The van der Waals surface area contributed by atoms with E-state index in [4.69, 9.17) is 10.00 Å². The number of ether oxygens (including phenoxy) is 1. The number of esters is 1. The highest BCUT2D eigenvalue weighted by atomic mass is 79.9. The lowest BCUT2D eigenvalue weighted by Crippen LogP contribution is -2.08. The lowest BCUT2D eigenvalue weighted by atomic mass is 10.0. The van der Waals surface area contributed by atoms with Gasteiger partial charge in [-0.25, -0.2) is 4.79 Å². The van der Waals surface area contributed by atoms with Gasteiger partial charge in [0, 0.05) is 9.80 Å². The summed E-state index contributed by atoms with van der Waals surface area (Å²) >= 11 is 6.63. The first-order chi connectivity index (χ1) is 7.65. The summed E-state index contributed by atoms with van der Waals surface area (Å²) in [6.45, 7) is 2.03. The predicted molar refractivity (Wildman–Crippen MR) is 67.4 cm³/mol. The van der Waals surface area contributed by atoms with Crippen molar-refractivity contribution in [1.82, 2.24) is 0 Å². The molecule has 0 saturated heterocycles. The molecule has 1 aromatic carbocycles. The van der Waals surface area contributed by atoms with Gasteiger partial charge in [-0.3, -0.25) is 0 Å². The first-order valence-electron chi connectivity index (χ1n) is 4.60. The van der Waals surface area contributed by atoms with E-state index in [2.05, 4.69) is 31.9 Å². The molecule has 0 spiro atoms. The molecule has 0 aromatic heterocycles. The van der Waals surface area contributed by atoms with Crippen molar-refractivity contribution in [3.8, 4) is 6.07 Å². The first-order valence-corrected chi connectivity index (χ1v) is 6.51. The lowest BCUT2D eigenvalue weighted by molar-refractivity contribution is 0.0526. The third-order valence-corrected chi connectivity index (χ3v) is 3.30. The molecule has 1 aromatic rings. The van der Waals surface area contributed by atoms with Gasteiger partial charge in [-0.05, 0) is 24.6 Å². The summed E-state index contributed by atoms with van der Waals surface area (Å²) in [5.74, 6) is -0.464. The molecule has 0 aliphatic heterocycles. The summed E-state index contributed by atoms with van der Waals surface area (Å²) in [6, 6.07) is 5.36. The van der Waals surface area contributed by atoms with Crippen LogP contribution in [-0.4, -0.2) is 12.6 Å². The van der Waals surface area contributed by atoms with Crippen LogP contribution in [0.2, 0.25) is 0 Å². The Hall–Kier alpha value is -0.860. The Balaban J connectivity index is 3.31. The number of carbonyl (C=O) groups excluding carboxylic acids is 1. The van der Waals surface area contributed by atoms with E-state index < -0.39 is 5.97 Å². The van der Waals surface area contributed by atoms with E-state index in [1.807, 2.05) is 6.07 Å². The van der Waals surface area contributed by atoms with Crippen LogP contribution in [0, 0.1) is 11.3 Å². The van der Waals surface area contributed by atoms with Gasteiger partial charge in [0.25, 0.3) is 0 Å². The van der Waals surface area contributed by atoms with Crippen LogP contribution in [0.1, 0.15) is 28.4 Å². The number of alkyl halides is 1. The van der Waals surface area contributed by atoms with Crippen LogP contribution in [0.25, 0.3) is 0 Å². The zero-order valence-electron chi connectivity index (χ0n) is 8.59. The Morgan fingerprint density at radius 3 is 2.75 bits per heavy atom. The van der Waals surface area contributed by atoms with Crippen molar-refractivity contribution in [2.75, 3.05) is 6.61 Å². The van der Waals surface area contributed by atoms with Gasteiger partial charge < -0.3 is 4.74 Å². The molecule has 0 heterocycles. The first kappa shape index (κ1) is 13.2. The quantitative estimate of drug-likeness (QED) is 0.622. The van der Waals surface area contributed by atoms with Crippen LogP contribution in [0.15, 0.2) is 16.6 Å². The van der Waals surface area contributed by atoms with E-state index in [1.54, 1.807) is 19.1 Å². The predicted octanol–water partition coefficient (Wildman–Crippen LogP) is 3.39. The minimum absolute atomic E-state index is 0.295. The van der Waals surface area contributed by atoms with Gasteiger partial charge in [0.2, 0.25) is 0 Å². The number of nitriles is 1. The molecule has 16 heavy (non-hydrogen) atoms. The van der Waals surface area contributed by atoms with E-state index in [0.29, 0.717) is 23.1 Å². The van der Waals surface area contributed by atoms with E-state index in [1.165, 1.54) is 0 Å². The van der Waals surface area contributed by atoms with Crippen LogP contribution in [0.3, 0.4) is 0 Å². The maximum atomic E-state index is 11.6. The molecule has 0 fully saturated rings. The largest absolute Gasteiger partial charge is 0.462 e. The van der Waals surface area contributed by atoms with Crippen LogP contribution < -0.4 is 0 Å². The van der Waals surface area contributed by atoms with Crippen molar-refractivity contribution < 1.29 is 9.53 Å². The number of benzene rings is 1. The van der Waals surface area contributed by atoms with Crippen molar-refractivity contribution in [2.45, 2.75) is 12.3 Å². The van der Waals surface area contributed by atoms with Gasteiger partial charge in [0.05, 0.1) is 17.7 Å². The highest BCUT2D eigenvalue weighted by Gasteiger charge is 2.17. The molecule has 0 amide bonds. The standard InChI is InChI=1S/C11H9Br2NO2/c1-2-16-11(15)7-3-4-10(13)8(5-12)9(7)6-14/h3-4H,2,5H2,1H3. The van der Waals surface area contributed by atoms with E-state index >= 15 is 0 Å². The van der Waals surface area contributed by atoms with E-state index in [9.17, 15) is 4.79 Å². The number of nitrogens with zero attached hydrogens (tertiary/aromatic N) is 1. The summed E-state index contributed by atoms with van der Waals surface area (Å²) in [5, 5.41) is 9.58. The molecule has 0 unspecified atom stereocenters. The lowest BCUT2D eigenvalue weighted by Gasteiger charge is -2.08. The minimum Gasteiger partial charge on any atom is -0.462 e. The fourth-order valence-electron chi connectivity index (χ4n) is 1.26. The molecule has 84 valence electrons. The summed E-state index contributed by atoms with van der Waals surface area (Å²) in [6.07, 6.45) is 0. The Morgan fingerprint density at radius 2 is 2.25 bits per heavy atom. The van der Waals surface area contributed by atoms with E-state index in [-0.39, 0.29) is 0 Å². The van der Waals surface area contributed by atoms with Gasteiger partial charge in [-0.1, -0.05) is 31.9 Å². The van der Waals surface area contributed by atoms with Gasteiger partial charge in [0.15, 0.2) is 0 Å². The van der Waals surface area contributed by atoms with Crippen molar-refractivity contribution >= 4 is 37.8 Å². The van der Waals surface area contributed by atoms with Crippen molar-refractivity contribution in [2.24, 2.45) is 0 Å². The molecule has 5 heteroatoms. The second-order valence-electron chi connectivity index (χ2n) is 2.91. The third-order valence-electron chi connectivity index (χ3n) is 2.00. The molecule has 0 atom stereocenters. The van der Waals surface area contributed by atoms with Gasteiger partial charge in [0.1, 0.15) is 6.07 Å². The molecule has 0 radical (unpaired) electrons. The fraction of sp³-hybridized carbons (Fsp3) is 0.273. The molecular formula is C11H9Br2NO2. The summed E-state index contributed by atoms with van der Waals surface area (Å²) < 4.78 is 5.69. The van der Waals surface area contributed by atoms with Crippen LogP contribution in [0.5, 0.6) is 0 Å². The van der Waals surface area contributed by atoms with Crippen LogP contribution in [-0.2, 0) is 10.1 Å². The minimum atomic E-state index is -0.464. The maximum Gasteiger partial charge on any atom is 0.339 e. The zero-order valence-corrected chi connectivity index (χ0v) is 11.8. The second-order valence-corrected chi connectivity index (χ2v) is 4.33. The zero-order chi connectivity index (χ0) is 12.1. The highest BCUT2D eigenvalue weighted by molar-refractivity contribution is 9.10. The van der Waals surface area contributed by atoms with Crippen molar-refractivity contribution in [3.63, 3.8) is 0 Å². The van der Waals surface area contributed by atoms with Gasteiger partial charge >= 0.3 is 5.97 Å². The Labute approximate surface area is 111 Å². The topological polar surface area (TPSA) is 50.1 Å². The number of rotatable bonds is 3. The average Bonchev–Trinajstić information content (AvgIpc) is 2.28. The molecule has 1 rings (SSSR count). The highest BCUT2D eigenvalue weighted by Crippen LogP contribution is 2.26. The molecule has 0 N–H and O–H groups in total. The molecule has 0 bridgehead atoms. The van der Waals surface area contributed by atoms with Crippen LogP contribution >= 0.6 is 31.9 Å². The maximum absolute atomic E-state index is 11.6. The Morgan fingerprint density at radius 1 is 1.56 bits per heavy atom. The van der Waals surface area contributed by atoms with Gasteiger partial charge in [-0.15, -0.1) is 0 Å². The molecule has 0 saturated carbocycles.